The highest BCUT2D eigenvalue weighted by Crippen LogP contribution is 2.18. The number of nitrogens with zero attached hydrogens (tertiary/aromatic N) is 1. The molecular formula is C14H10BrIN2O2. The van der Waals surface area contributed by atoms with Gasteiger partial charge in [-0.1, -0.05) is 34.1 Å². The minimum Gasteiger partial charge on any atom is -0.294 e. The lowest BCUT2D eigenvalue weighted by Crippen LogP contribution is -2.31. The van der Waals surface area contributed by atoms with E-state index in [1.807, 2.05) is 24.3 Å². The van der Waals surface area contributed by atoms with Crippen molar-refractivity contribution in [3.8, 4) is 0 Å². The van der Waals surface area contributed by atoms with Crippen molar-refractivity contribution in [3.63, 3.8) is 0 Å². The van der Waals surface area contributed by atoms with Gasteiger partial charge in [-0.2, -0.15) is 5.10 Å². The molecule has 1 unspecified atom stereocenters. The highest BCUT2D eigenvalue weighted by atomic mass is 127. The fourth-order valence-electron chi connectivity index (χ4n) is 1.59. The minimum atomic E-state index is -0.831. The quantitative estimate of drug-likeness (QED) is 0.337. The van der Waals surface area contributed by atoms with Gasteiger partial charge in [0.05, 0.1) is 6.21 Å². The summed E-state index contributed by atoms with van der Waals surface area (Å²) in [7, 11) is 0. The smallest absolute Gasteiger partial charge is 0.254 e. The summed E-state index contributed by atoms with van der Waals surface area (Å²) in [6.07, 6.45) is 6.08. The molecule has 0 aromatic heterocycles. The molecule has 1 aliphatic carbocycles. The molecule has 0 fully saturated rings. The van der Waals surface area contributed by atoms with E-state index in [0.717, 1.165) is 9.13 Å². The Kier molecular flexibility index (Phi) is 5.24. The predicted octanol–water partition coefficient (Wildman–Crippen LogP) is 2.78. The summed E-state index contributed by atoms with van der Waals surface area (Å²) in [5.41, 5.74) is 3.26. The number of amides is 1. The van der Waals surface area contributed by atoms with Gasteiger partial charge < -0.3 is 0 Å². The molecule has 1 N–H and O–H groups in total. The third-order valence-electron chi connectivity index (χ3n) is 2.56. The predicted molar refractivity (Wildman–Crippen MR) is 89.5 cm³/mol. The summed E-state index contributed by atoms with van der Waals surface area (Å²) >= 11 is 5.44. The fraction of sp³-hybridized carbons (Fsp3) is 0.0714. The lowest BCUT2D eigenvalue weighted by Gasteiger charge is -2.11. The lowest BCUT2D eigenvalue weighted by atomic mass is 9.99. The van der Waals surface area contributed by atoms with Crippen LogP contribution in [0.25, 0.3) is 0 Å². The number of hydrogen-bond donors (Lipinski definition) is 1. The van der Waals surface area contributed by atoms with Crippen LogP contribution in [0.15, 0.2) is 52.1 Å². The highest BCUT2D eigenvalue weighted by molar-refractivity contribution is 14.1. The third-order valence-corrected chi connectivity index (χ3v) is 3.76. The molecule has 20 heavy (non-hydrogen) atoms. The first kappa shape index (κ1) is 15.1. The van der Waals surface area contributed by atoms with Crippen LogP contribution in [0.4, 0.5) is 0 Å². The van der Waals surface area contributed by atoms with Crippen molar-refractivity contribution in [2.45, 2.75) is 0 Å². The van der Waals surface area contributed by atoms with Crippen LogP contribution < -0.4 is 5.43 Å². The Balaban J connectivity index is 1.99. The molecular weight excluding hydrogens is 435 g/mol. The van der Waals surface area contributed by atoms with Crippen LogP contribution in [0.3, 0.4) is 0 Å². The average Bonchev–Trinajstić information content (AvgIpc) is 2.41. The van der Waals surface area contributed by atoms with Crippen LogP contribution in [-0.2, 0) is 9.59 Å². The number of hydrazone groups is 1. The second-order valence-electron chi connectivity index (χ2n) is 4.05. The molecule has 0 spiro atoms. The molecule has 1 amide bonds. The van der Waals surface area contributed by atoms with Gasteiger partial charge in [0.2, 0.25) is 0 Å². The van der Waals surface area contributed by atoms with Gasteiger partial charge in [-0.15, -0.1) is 0 Å². The molecule has 4 nitrogen and oxygen atoms in total. The van der Waals surface area contributed by atoms with Crippen LogP contribution in [0.5, 0.6) is 0 Å². The molecule has 0 aliphatic heterocycles. The Labute approximate surface area is 138 Å². The number of ketones is 1. The molecule has 6 heteroatoms. The third kappa shape index (κ3) is 4.11. The van der Waals surface area contributed by atoms with Gasteiger partial charge >= 0.3 is 0 Å². The number of halogens is 2. The van der Waals surface area contributed by atoms with Crippen molar-refractivity contribution in [1.82, 2.24) is 5.43 Å². The molecule has 0 radical (unpaired) electrons. The van der Waals surface area contributed by atoms with Gasteiger partial charge in [-0.05, 0) is 52.4 Å². The second-order valence-corrected chi connectivity index (χ2v) is 6.22. The first-order valence-electron chi connectivity index (χ1n) is 5.74. The summed E-state index contributed by atoms with van der Waals surface area (Å²) in [6.45, 7) is 0. The van der Waals surface area contributed by atoms with Crippen molar-refractivity contribution in [2.75, 3.05) is 0 Å². The number of carbonyl (C=O) groups excluding carboxylic acids is 2. The Morgan fingerprint density at radius 1 is 1.40 bits per heavy atom. The van der Waals surface area contributed by atoms with Crippen molar-refractivity contribution in [1.29, 1.82) is 0 Å². The number of allylic oxidation sites excluding steroid dienone is 3. The van der Waals surface area contributed by atoms with Gasteiger partial charge in [0.15, 0.2) is 5.78 Å². The largest absolute Gasteiger partial charge is 0.294 e. The average molecular weight is 445 g/mol. The van der Waals surface area contributed by atoms with E-state index in [2.05, 4.69) is 49.0 Å². The van der Waals surface area contributed by atoms with E-state index in [4.69, 9.17) is 0 Å². The van der Waals surface area contributed by atoms with Crippen LogP contribution in [-0.4, -0.2) is 17.9 Å². The first-order valence-corrected chi connectivity index (χ1v) is 7.61. The molecule has 0 saturated heterocycles. The zero-order chi connectivity index (χ0) is 14.5. The molecule has 0 saturated carbocycles. The molecule has 1 aromatic rings. The Hall–Kier alpha value is -1.28. The van der Waals surface area contributed by atoms with E-state index >= 15 is 0 Å². The Morgan fingerprint density at radius 2 is 2.20 bits per heavy atom. The van der Waals surface area contributed by atoms with Crippen molar-refractivity contribution in [3.05, 3.63) is 56.1 Å². The summed E-state index contributed by atoms with van der Waals surface area (Å²) < 4.78 is 1.79. The van der Waals surface area contributed by atoms with E-state index in [-0.39, 0.29) is 5.78 Å². The van der Waals surface area contributed by atoms with E-state index in [0.29, 0.717) is 4.48 Å². The van der Waals surface area contributed by atoms with Gasteiger partial charge in [0.1, 0.15) is 5.92 Å². The van der Waals surface area contributed by atoms with Crippen molar-refractivity contribution >= 4 is 56.4 Å². The van der Waals surface area contributed by atoms with Crippen LogP contribution >= 0.6 is 38.5 Å². The number of benzene rings is 1. The molecule has 102 valence electrons. The summed E-state index contributed by atoms with van der Waals surface area (Å²) in [6, 6.07) is 7.68. The van der Waals surface area contributed by atoms with Crippen molar-refractivity contribution in [2.24, 2.45) is 11.0 Å². The molecule has 2 rings (SSSR count). The summed E-state index contributed by atoms with van der Waals surface area (Å²) in [5.74, 6) is -1.53. The maximum atomic E-state index is 11.9. The normalized spacial score (nSPS) is 18.2. The van der Waals surface area contributed by atoms with E-state index in [1.54, 1.807) is 18.4 Å². The zero-order valence-electron chi connectivity index (χ0n) is 10.2. The minimum absolute atomic E-state index is 0.254. The maximum absolute atomic E-state index is 11.9. The number of nitrogens with one attached hydrogen (secondary N) is 1. The van der Waals surface area contributed by atoms with Gasteiger partial charge in [-0.25, -0.2) is 5.43 Å². The van der Waals surface area contributed by atoms with E-state index in [1.165, 1.54) is 6.08 Å². The molecule has 1 aromatic carbocycles. The summed E-state index contributed by atoms with van der Waals surface area (Å²) in [5, 5.41) is 3.87. The number of hydrogen-bond acceptors (Lipinski definition) is 3. The van der Waals surface area contributed by atoms with Crippen LogP contribution in [0, 0.1) is 9.49 Å². The zero-order valence-corrected chi connectivity index (χ0v) is 14.0. The molecule has 0 heterocycles. The maximum Gasteiger partial charge on any atom is 0.254 e. The van der Waals surface area contributed by atoms with Crippen molar-refractivity contribution < 1.29 is 9.59 Å². The Morgan fingerprint density at radius 3 is 2.95 bits per heavy atom. The molecule has 0 bridgehead atoms. The van der Waals surface area contributed by atoms with Gasteiger partial charge in [0, 0.05) is 8.05 Å². The van der Waals surface area contributed by atoms with Crippen LogP contribution in [0.2, 0.25) is 0 Å². The second kappa shape index (κ2) is 6.94. The summed E-state index contributed by atoms with van der Waals surface area (Å²) in [4.78, 5) is 23.5. The van der Waals surface area contributed by atoms with Crippen LogP contribution in [0.1, 0.15) is 5.56 Å². The fourth-order valence-corrected chi connectivity index (χ4v) is 2.56. The topological polar surface area (TPSA) is 58.5 Å². The standard InChI is InChI=1S/C14H10BrIN2O2/c15-10-4-5-13(19)12(7-10)14(20)18-17-8-9-2-1-3-11(16)6-9/h1-8,12H,(H,18,20). The van der Waals surface area contributed by atoms with Gasteiger partial charge in [-0.3, -0.25) is 9.59 Å². The Bertz CT molecular complexity index is 638. The number of rotatable bonds is 3. The SMILES string of the molecule is O=C1C=CC(Br)=CC1C(=O)NN=Cc1cccc(I)c1. The molecule has 1 atom stereocenters. The molecule has 1 aliphatic rings. The van der Waals surface area contributed by atoms with Gasteiger partial charge in [0.25, 0.3) is 5.91 Å². The van der Waals surface area contributed by atoms with E-state index < -0.39 is 11.8 Å². The monoisotopic (exact) mass is 444 g/mol. The lowest BCUT2D eigenvalue weighted by molar-refractivity contribution is -0.129. The highest BCUT2D eigenvalue weighted by Gasteiger charge is 2.24. The van der Waals surface area contributed by atoms with E-state index in [9.17, 15) is 9.59 Å². The number of carbonyl (C=O) groups is 2. The first-order chi connectivity index (χ1) is 9.56.